The van der Waals surface area contributed by atoms with Gasteiger partial charge in [0.05, 0.1) is 31.3 Å². The smallest absolute Gasteiger partial charge is 0.407 e. The molecule has 2 amide bonds. The van der Waals surface area contributed by atoms with Crippen LogP contribution in [0.1, 0.15) is 38.3 Å². The van der Waals surface area contributed by atoms with Gasteiger partial charge in [-0.2, -0.15) is 0 Å². The second-order valence-electron chi connectivity index (χ2n) is 10.1. The van der Waals surface area contributed by atoms with Gasteiger partial charge in [0.25, 0.3) is 0 Å². The van der Waals surface area contributed by atoms with Crippen molar-refractivity contribution in [1.82, 2.24) is 20.5 Å². The van der Waals surface area contributed by atoms with Crippen LogP contribution >= 0.6 is 11.6 Å². The highest BCUT2D eigenvalue weighted by Crippen LogP contribution is 2.29. The molecule has 3 atom stereocenters. The Labute approximate surface area is 227 Å². The molecule has 2 N–H and O–H groups in total. The largest absolute Gasteiger partial charge is 0.453 e. The van der Waals surface area contributed by atoms with E-state index in [1.807, 2.05) is 30.9 Å². The number of pyridine rings is 1. The van der Waals surface area contributed by atoms with Crippen LogP contribution in [0, 0.1) is 5.92 Å². The lowest BCUT2D eigenvalue weighted by Gasteiger charge is -2.31. The number of ether oxygens (including phenoxy) is 1. The number of aliphatic imine (C=N–C) groups is 1. The molecule has 1 saturated heterocycles. The second kappa shape index (κ2) is 11.0. The van der Waals surface area contributed by atoms with Crippen molar-refractivity contribution in [2.24, 2.45) is 10.9 Å². The second-order valence-corrected chi connectivity index (χ2v) is 10.5. The van der Waals surface area contributed by atoms with Crippen LogP contribution in [0.3, 0.4) is 0 Å². The quantitative estimate of drug-likeness (QED) is 0.436. The van der Waals surface area contributed by atoms with Gasteiger partial charge in [0.15, 0.2) is 0 Å². The van der Waals surface area contributed by atoms with Gasteiger partial charge in [-0.25, -0.2) is 9.78 Å². The Balaban J connectivity index is 1.26. The van der Waals surface area contributed by atoms with Crippen LogP contribution < -0.4 is 10.6 Å². The zero-order valence-corrected chi connectivity index (χ0v) is 22.5. The molecule has 38 heavy (non-hydrogen) atoms. The van der Waals surface area contributed by atoms with Gasteiger partial charge >= 0.3 is 6.09 Å². The number of hydrogen-bond acceptors (Lipinski definition) is 6. The molecule has 5 rings (SSSR count). The number of nitrogens with zero attached hydrogens (tertiary/aromatic N) is 3. The minimum absolute atomic E-state index is 0.0497. The number of aromatic nitrogens is 1. The first-order valence-corrected chi connectivity index (χ1v) is 13.3. The highest BCUT2D eigenvalue weighted by atomic mass is 35.5. The molecule has 3 heterocycles. The summed E-state index contributed by atoms with van der Waals surface area (Å²) in [6.07, 6.45) is 1.14. The monoisotopic (exact) mass is 533 g/mol. The van der Waals surface area contributed by atoms with Gasteiger partial charge in [0, 0.05) is 11.9 Å². The topological polar surface area (TPSA) is 95.9 Å². The lowest BCUT2D eigenvalue weighted by atomic mass is 9.99. The van der Waals surface area contributed by atoms with Crippen LogP contribution in [0.5, 0.6) is 0 Å². The molecule has 0 spiro atoms. The zero-order chi connectivity index (χ0) is 26.8. The number of carbonyl (C=O) groups is 2. The van der Waals surface area contributed by atoms with Crippen LogP contribution in [0.4, 0.5) is 4.79 Å². The molecule has 0 aliphatic carbocycles. The molecule has 1 unspecified atom stereocenters. The van der Waals surface area contributed by atoms with Crippen molar-refractivity contribution in [1.29, 1.82) is 0 Å². The number of amides is 2. The van der Waals surface area contributed by atoms with E-state index < -0.39 is 12.1 Å². The molecule has 198 valence electrons. The number of benzene rings is 2. The predicted molar refractivity (Wildman–Crippen MR) is 149 cm³/mol. The Morgan fingerprint density at radius 1 is 1.11 bits per heavy atom. The average Bonchev–Trinajstić information content (AvgIpc) is 3.61. The number of fused-ring (bicyclic) bond motifs is 1. The van der Waals surface area contributed by atoms with Crippen molar-refractivity contribution in [3.8, 4) is 11.1 Å². The molecule has 2 aromatic carbocycles. The first-order valence-electron chi connectivity index (χ1n) is 13.0. The van der Waals surface area contributed by atoms with Crippen molar-refractivity contribution < 1.29 is 14.3 Å². The van der Waals surface area contributed by atoms with Crippen LogP contribution in [-0.2, 0) is 9.53 Å². The minimum atomic E-state index is -0.642. The molecule has 3 aromatic rings. The number of carbonyl (C=O) groups excluding carboxylic acids is 2. The Kier molecular flexibility index (Phi) is 7.51. The summed E-state index contributed by atoms with van der Waals surface area (Å²) in [7, 11) is 1.30. The van der Waals surface area contributed by atoms with Gasteiger partial charge in [-0.3, -0.25) is 9.79 Å². The van der Waals surface area contributed by atoms with Gasteiger partial charge in [-0.05, 0) is 59.7 Å². The lowest BCUT2D eigenvalue weighted by molar-refractivity contribution is -0.134. The van der Waals surface area contributed by atoms with Gasteiger partial charge in [-0.1, -0.05) is 55.8 Å². The highest BCUT2D eigenvalue weighted by molar-refractivity contribution is 6.29. The van der Waals surface area contributed by atoms with Gasteiger partial charge in [0.2, 0.25) is 5.91 Å². The number of nitrogens with one attached hydrogen (secondary N) is 2. The average molecular weight is 534 g/mol. The highest BCUT2D eigenvalue weighted by Gasteiger charge is 2.39. The number of amidine groups is 1. The SMILES string of the molecule is COC(=O)N[C@H](C(=O)N1CCC[C@H]1C1=NCC(c2ccc(-c3ccc4nc(Cl)ccc4c3)cc2)N1)C(C)C. The Morgan fingerprint density at radius 2 is 1.87 bits per heavy atom. The molecule has 0 radical (unpaired) electrons. The number of likely N-dealkylation sites (tertiary alicyclic amines) is 1. The first-order chi connectivity index (χ1) is 18.3. The third-order valence-corrected chi connectivity index (χ3v) is 7.52. The van der Waals surface area contributed by atoms with E-state index in [9.17, 15) is 9.59 Å². The van der Waals surface area contributed by atoms with Crippen molar-refractivity contribution in [2.45, 2.75) is 44.8 Å². The number of halogens is 1. The van der Waals surface area contributed by atoms with Gasteiger partial charge < -0.3 is 20.3 Å². The van der Waals surface area contributed by atoms with Crippen molar-refractivity contribution >= 4 is 40.3 Å². The summed E-state index contributed by atoms with van der Waals surface area (Å²) in [4.78, 5) is 36.2. The number of methoxy groups -OCH3 is 1. The third-order valence-electron chi connectivity index (χ3n) is 7.31. The fourth-order valence-corrected chi connectivity index (χ4v) is 5.38. The van der Waals surface area contributed by atoms with E-state index in [4.69, 9.17) is 21.3 Å². The van der Waals surface area contributed by atoms with Crippen molar-refractivity contribution in [3.05, 3.63) is 65.3 Å². The van der Waals surface area contributed by atoms with E-state index in [1.54, 1.807) is 6.07 Å². The summed E-state index contributed by atoms with van der Waals surface area (Å²) in [6.45, 7) is 5.09. The standard InChI is InChI=1S/C29H32ClN5O3/c1-17(2)26(34-29(37)38-3)28(36)35-14-4-5-24(35)27-31-16-23(33-27)19-8-6-18(7-9-19)20-10-12-22-21(15-20)11-13-25(30)32-22/h6-13,15,17,23-24,26H,4-5,14,16H2,1-3H3,(H,31,33)(H,34,37)/t23?,24-,26-/m0/s1. The number of rotatable bonds is 6. The maximum Gasteiger partial charge on any atom is 0.407 e. The molecular weight excluding hydrogens is 502 g/mol. The maximum absolute atomic E-state index is 13.4. The van der Waals surface area contributed by atoms with Crippen molar-refractivity contribution in [3.63, 3.8) is 0 Å². The summed E-state index contributed by atoms with van der Waals surface area (Å²) in [5, 5.41) is 7.80. The minimum Gasteiger partial charge on any atom is -0.453 e. The summed E-state index contributed by atoms with van der Waals surface area (Å²) in [5.41, 5.74) is 4.25. The summed E-state index contributed by atoms with van der Waals surface area (Å²) < 4.78 is 4.73. The fourth-order valence-electron chi connectivity index (χ4n) is 5.23. The molecular formula is C29H32ClN5O3. The van der Waals surface area contributed by atoms with E-state index in [-0.39, 0.29) is 23.9 Å². The first kappa shape index (κ1) is 26.0. The van der Waals surface area contributed by atoms with E-state index in [1.165, 1.54) is 7.11 Å². The molecule has 8 nitrogen and oxygen atoms in total. The fraction of sp³-hybridized carbons (Fsp3) is 0.379. The van der Waals surface area contributed by atoms with Crippen LogP contribution in [0.25, 0.3) is 22.0 Å². The third kappa shape index (κ3) is 5.31. The molecule has 2 aliphatic heterocycles. The Bertz CT molecular complexity index is 1370. The Morgan fingerprint density at radius 3 is 2.61 bits per heavy atom. The van der Waals surface area contributed by atoms with Crippen LogP contribution in [0.2, 0.25) is 5.15 Å². The predicted octanol–water partition coefficient (Wildman–Crippen LogP) is 4.97. The molecule has 9 heteroatoms. The zero-order valence-electron chi connectivity index (χ0n) is 21.8. The lowest BCUT2D eigenvalue weighted by Crippen LogP contribution is -2.54. The van der Waals surface area contributed by atoms with Crippen molar-refractivity contribution in [2.75, 3.05) is 20.2 Å². The summed E-state index contributed by atoms with van der Waals surface area (Å²) >= 11 is 6.01. The summed E-state index contributed by atoms with van der Waals surface area (Å²) in [6, 6.07) is 17.7. The summed E-state index contributed by atoms with van der Waals surface area (Å²) in [5.74, 6) is 0.675. The molecule has 0 bridgehead atoms. The van der Waals surface area contributed by atoms with E-state index >= 15 is 0 Å². The van der Waals surface area contributed by atoms with E-state index in [0.717, 1.165) is 46.3 Å². The van der Waals surface area contributed by atoms with Gasteiger partial charge in [-0.15, -0.1) is 0 Å². The number of hydrogen-bond donors (Lipinski definition) is 2. The maximum atomic E-state index is 13.4. The molecule has 2 aliphatic rings. The van der Waals surface area contributed by atoms with E-state index in [2.05, 4.69) is 52.0 Å². The number of alkyl carbamates (subject to hydrolysis) is 1. The van der Waals surface area contributed by atoms with Gasteiger partial charge in [0.1, 0.15) is 17.0 Å². The van der Waals surface area contributed by atoms with E-state index in [0.29, 0.717) is 18.2 Å². The van der Waals surface area contributed by atoms with Crippen LogP contribution in [0.15, 0.2) is 59.6 Å². The normalized spacial score (nSPS) is 19.8. The Hall–Kier alpha value is -3.65. The molecule has 0 saturated carbocycles. The molecule has 1 fully saturated rings. The molecule has 1 aromatic heterocycles. The van der Waals surface area contributed by atoms with Crippen LogP contribution in [-0.4, -0.2) is 60.0 Å².